The van der Waals surface area contributed by atoms with E-state index in [0.717, 1.165) is 5.03 Å². The molecular formula is C14H16N6OS. The molecular weight excluding hydrogens is 300 g/mol. The first-order valence-electron chi connectivity index (χ1n) is 6.60. The molecule has 0 radical (unpaired) electrons. The molecule has 0 aromatic carbocycles. The second kappa shape index (κ2) is 6.95. The SMILES string of the molecule is Cc1nn(C)c(NNC(=O)C(C)Sc2ccccn2)c1C#N. The molecule has 2 aromatic rings. The van der Waals surface area contributed by atoms with Gasteiger partial charge in [-0.05, 0) is 26.0 Å². The number of rotatable bonds is 5. The minimum absolute atomic E-state index is 0.210. The number of hydrogen-bond acceptors (Lipinski definition) is 6. The lowest BCUT2D eigenvalue weighted by Crippen LogP contribution is -2.36. The second-order valence-electron chi connectivity index (χ2n) is 4.59. The Labute approximate surface area is 132 Å². The maximum atomic E-state index is 12.1. The van der Waals surface area contributed by atoms with E-state index >= 15 is 0 Å². The molecule has 1 unspecified atom stereocenters. The molecule has 0 aliphatic heterocycles. The van der Waals surface area contributed by atoms with E-state index in [1.165, 1.54) is 16.4 Å². The Morgan fingerprint density at radius 2 is 2.27 bits per heavy atom. The number of carbonyl (C=O) groups is 1. The third kappa shape index (κ3) is 3.56. The molecule has 1 amide bonds. The third-order valence-corrected chi connectivity index (χ3v) is 3.99. The fraction of sp³-hybridized carbons (Fsp3) is 0.286. The van der Waals surface area contributed by atoms with Crippen molar-refractivity contribution < 1.29 is 4.79 Å². The summed E-state index contributed by atoms with van der Waals surface area (Å²) in [7, 11) is 1.70. The van der Waals surface area contributed by atoms with Crippen molar-refractivity contribution in [1.29, 1.82) is 5.26 Å². The zero-order valence-corrected chi connectivity index (χ0v) is 13.3. The maximum Gasteiger partial charge on any atom is 0.251 e. The molecule has 1 atom stereocenters. The third-order valence-electron chi connectivity index (χ3n) is 2.94. The number of aromatic nitrogens is 3. The summed E-state index contributed by atoms with van der Waals surface area (Å²) >= 11 is 1.36. The minimum Gasteiger partial charge on any atom is -0.281 e. The summed E-state index contributed by atoms with van der Waals surface area (Å²) in [6.07, 6.45) is 1.68. The van der Waals surface area contributed by atoms with Crippen LogP contribution in [0, 0.1) is 18.3 Å². The van der Waals surface area contributed by atoms with Crippen molar-refractivity contribution in [3.63, 3.8) is 0 Å². The molecule has 22 heavy (non-hydrogen) atoms. The quantitative estimate of drug-likeness (QED) is 0.643. The number of hydrogen-bond donors (Lipinski definition) is 2. The van der Waals surface area contributed by atoms with Crippen molar-refractivity contribution in [2.45, 2.75) is 24.1 Å². The van der Waals surface area contributed by atoms with E-state index in [9.17, 15) is 4.79 Å². The van der Waals surface area contributed by atoms with E-state index in [2.05, 4.69) is 27.0 Å². The second-order valence-corrected chi connectivity index (χ2v) is 5.95. The molecule has 2 aromatic heterocycles. The minimum atomic E-state index is -0.331. The highest BCUT2D eigenvalue weighted by Gasteiger charge is 2.17. The normalized spacial score (nSPS) is 11.5. The van der Waals surface area contributed by atoms with Crippen molar-refractivity contribution >= 4 is 23.5 Å². The summed E-state index contributed by atoms with van der Waals surface area (Å²) in [6.45, 7) is 3.53. The lowest BCUT2D eigenvalue weighted by molar-refractivity contribution is -0.119. The first-order valence-corrected chi connectivity index (χ1v) is 7.48. The summed E-state index contributed by atoms with van der Waals surface area (Å²) in [6, 6.07) is 7.61. The summed E-state index contributed by atoms with van der Waals surface area (Å²) in [5.74, 6) is 0.252. The molecule has 2 N–H and O–H groups in total. The van der Waals surface area contributed by atoms with E-state index in [1.807, 2.05) is 18.2 Å². The van der Waals surface area contributed by atoms with Crippen LogP contribution in [0.5, 0.6) is 0 Å². The van der Waals surface area contributed by atoms with Crippen molar-refractivity contribution in [3.05, 3.63) is 35.7 Å². The Kier molecular flexibility index (Phi) is 5.01. The van der Waals surface area contributed by atoms with Crippen molar-refractivity contribution in [1.82, 2.24) is 20.2 Å². The van der Waals surface area contributed by atoms with Gasteiger partial charge in [0.25, 0.3) is 5.91 Å². The van der Waals surface area contributed by atoms with Gasteiger partial charge < -0.3 is 0 Å². The predicted molar refractivity (Wildman–Crippen MR) is 84.0 cm³/mol. The number of anilines is 1. The summed E-state index contributed by atoms with van der Waals surface area (Å²) in [4.78, 5) is 16.3. The van der Waals surface area contributed by atoms with Crippen molar-refractivity contribution in [2.75, 3.05) is 5.43 Å². The van der Waals surface area contributed by atoms with Gasteiger partial charge >= 0.3 is 0 Å². The zero-order valence-electron chi connectivity index (χ0n) is 12.5. The van der Waals surface area contributed by atoms with Gasteiger partial charge in [-0.3, -0.25) is 20.3 Å². The standard InChI is InChI=1S/C14H16N6OS/c1-9-11(8-15)13(20(3)19-9)17-18-14(21)10(2)22-12-6-4-5-7-16-12/h4-7,10,17H,1-3H3,(H,18,21). The Morgan fingerprint density at radius 1 is 1.50 bits per heavy atom. The molecule has 0 aliphatic carbocycles. The Morgan fingerprint density at radius 3 is 2.91 bits per heavy atom. The first-order chi connectivity index (χ1) is 10.5. The largest absolute Gasteiger partial charge is 0.281 e. The van der Waals surface area contributed by atoms with Gasteiger partial charge in [0.1, 0.15) is 11.6 Å². The summed E-state index contributed by atoms with van der Waals surface area (Å²) in [5, 5.41) is 13.7. The topological polar surface area (TPSA) is 95.6 Å². The first kappa shape index (κ1) is 15.9. The van der Waals surface area contributed by atoms with Crippen LogP contribution in [0.2, 0.25) is 0 Å². The Balaban J connectivity index is 1.97. The lowest BCUT2D eigenvalue weighted by atomic mass is 10.3. The fourth-order valence-electron chi connectivity index (χ4n) is 1.81. The monoisotopic (exact) mass is 316 g/mol. The number of amides is 1. The fourth-order valence-corrected chi connectivity index (χ4v) is 2.62. The van der Waals surface area contributed by atoms with Crippen LogP contribution in [0.25, 0.3) is 0 Å². The number of thioether (sulfide) groups is 1. The van der Waals surface area contributed by atoms with Gasteiger partial charge in [0.2, 0.25) is 0 Å². The molecule has 8 heteroatoms. The van der Waals surface area contributed by atoms with E-state index in [4.69, 9.17) is 5.26 Å². The number of nitrogens with zero attached hydrogens (tertiary/aromatic N) is 4. The zero-order chi connectivity index (χ0) is 16.1. The van der Waals surface area contributed by atoms with Gasteiger partial charge in [-0.2, -0.15) is 10.4 Å². The molecule has 114 valence electrons. The number of nitriles is 1. The van der Waals surface area contributed by atoms with Crippen LogP contribution in [-0.2, 0) is 11.8 Å². The average molecular weight is 316 g/mol. The van der Waals surface area contributed by atoms with Crippen LogP contribution in [-0.4, -0.2) is 25.9 Å². The van der Waals surface area contributed by atoms with Gasteiger partial charge in [-0.1, -0.05) is 17.8 Å². The molecule has 0 saturated carbocycles. The Bertz CT molecular complexity index is 706. The molecule has 2 rings (SSSR count). The summed E-state index contributed by atoms with van der Waals surface area (Å²) in [5.41, 5.74) is 6.38. The molecule has 2 heterocycles. The van der Waals surface area contributed by atoms with Gasteiger partial charge in [0, 0.05) is 13.2 Å². The maximum absolute atomic E-state index is 12.1. The summed E-state index contributed by atoms with van der Waals surface area (Å²) < 4.78 is 1.52. The number of hydrazine groups is 1. The molecule has 0 spiro atoms. The highest BCUT2D eigenvalue weighted by molar-refractivity contribution is 8.00. The predicted octanol–water partition coefficient (Wildman–Crippen LogP) is 1.62. The van der Waals surface area contributed by atoms with Gasteiger partial charge in [-0.25, -0.2) is 4.98 Å². The number of carbonyl (C=O) groups excluding carboxylic acids is 1. The van der Waals surface area contributed by atoms with Gasteiger partial charge in [0.15, 0.2) is 5.82 Å². The van der Waals surface area contributed by atoms with Crippen molar-refractivity contribution in [2.24, 2.45) is 7.05 Å². The average Bonchev–Trinajstić information content (AvgIpc) is 2.78. The van der Waals surface area contributed by atoms with E-state index < -0.39 is 0 Å². The van der Waals surface area contributed by atoms with Gasteiger partial charge in [-0.15, -0.1) is 0 Å². The number of pyridine rings is 1. The Hall–Kier alpha value is -2.53. The lowest BCUT2D eigenvalue weighted by Gasteiger charge is -2.13. The number of aryl methyl sites for hydroxylation is 2. The van der Waals surface area contributed by atoms with Gasteiger partial charge in [0.05, 0.1) is 16.0 Å². The molecule has 7 nitrogen and oxygen atoms in total. The van der Waals surface area contributed by atoms with E-state index in [-0.39, 0.29) is 11.2 Å². The van der Waals surface area contributed by atoms with Crippen LogP contribution in [0.3, 0.4) is 0 Å². The van der Waals surface area contributed by atoms with Crippen LogP contribution >= 0.6 is 11.8 Å². The highest BCUT2D eigenvalue weighted by atomic mass is 32.2. The molecule has 0 saturated heterocycles. The van der Waals surface area contributed by atoms with E-state index in [1.54, 1.807) is 27.1 Å². The van der Waals surface area contributed by atoms with Crippen molar-refractivity contribution in [3.8, 4) is 6.07 Å². The molecule has 0 aliphatic rings. The van der Waals surface area contributed by atoms with Crippen LogP contribution in [0.15, 0.2) is 29.4 Å². The van der Waals surface area contributed by atoms with Crippen LogP contribution in [0.4, 0.5) is 5.82 Å². The molecule has 0 fully saturated rings. The molecule has 0 bridgehead atoms. The van der Waals surface area contributed by atoms with Crippen LogP contribution < -0.4 is 10.9 Å². The smallest absolute Gasteiger partial charge is 0.251 e. The number of nitrogens with one attached hydrogen (secondary N) is 2. The van der Waals surface area contributed by atoms with E-state index in [0.29, 0.717) is 17.1 Å². The highest BCUT2D eigenvalue weighted by Crippen LogP contribution is 2.21. The van der Waals surface area contributed by atoms with Crippen LogP contribution in [0.1, 0.15) is 18.2 Å².